The summed E-state index contributed by atoms with van der Waals surface area (Å²) in [6, 6.07) is 5.00. The number of carbonyl (C=O) groups excluding carboxylic acids is 5. The first-order valence-corrected chi connectivity index (χ1v) is 19.4. The minimum atomic E-state index is -3.90. The molecule has 3 heterocycles. The van der Waals surface area contributed by atoms with E-state index in [1.807, 2.05) is 24.3 Å². The molecule has 2 saturated carbocycles. The van der Waals surface area contributed by atoms with Crippen molar-refractivity contribution in [1.29, 1.82) is 0 Å². The molecule has 50 heavy (non-hydrogen) atoms. The number of esters is 1. The molecule has 1 saturated heterocycles. The Bertz CT molecular complexity index is 1780. The van der Waals surface area contributed by atoms with Crippen LogP contribution in [0.1, 0.15) is 88.4 Å². The summed E-state index contributed by atoms with van der Waals surface area (Å²) in [5, 5.41) is 4.96. The highest BCUT2D eigenvalue weighted by molar-refractivity contribution is 7.91. The molecule has 0 radical (unpaired) electrons. The van der Waals surface area contributed by atoms with Gasteiger partial charge in [-0.25, -0.2) is 23.0 Å². The van der Waals surface area contributed by atoms with E-state index < -0.39 is 80.3 Å². The molecule has 2 aromatic rings. The molecule has 3 fully saturated rings. The van der Waals surface area contributed by atoms with Gasteiger partial charge >= 0.3 is 12.1 Å². The number of rotatable bonds is 6. The molecule has 14 nitrogen and oxygen atoms in total. The van der Waals surface area contributed by atoms with Crippen molar-refractivity contribution in [2.75, 3.05) is 6.54 Å². The van der Waals surface area contributed by atoms with Gasteiger partial charge in [-0.1, -0.05) is 37.1 Å². The van der Waals surface area contributed by atoms with Crippen molar-refractivity contribution in [3.05, 3.63) is 41.4 Å². The van der Waals surface area contributed by atoms with Gasteiger partial charge in [-0.3, -0.25) is 19.1 Å². The number of para-hydroxylation sites is 1. The zero-order valence-electron chi connectivity index (χ0n) is 28.3. The Hall–Kier alpha value is -4.05. The van der Waals surface area contributed by atoms with Crippen LogP contribution in [0.25, 0.3) is 10.2 Å². The number of hydrogen-bond donors (Lipinski definition) is 3. The summed E-state index contributed by atoms with van der Waals surface area (Å²) in [5.74, 6) is -3.24. The molecule has 1 aromatic carbocycles. The maximum absolute atomic E-state index is 14.3. The van der Waals surface area contributed by atoms with E-state index in [4.69, 9.17) is 9.47 Å². The third-order valence-electron chi connectivity index (χ3n) is 9.28. The fraction of sp³-hybridized carbons (Fsp3) is 0.588. The van der Waals surface area contributed by atoms with Gasteiger partial charge in [0.2, 0.25) is 26.8 Å². The number of thiazole rings is 1. The smallest absolute Gasteiger partial charge is 0.408 e. The Morgan fingerprint density at radius 1 is 1.08 bits per heavy atom. The number of nitrogens with one attached hydrogen (secondary N) is 3. The zero-order chi connectivity index (χ0) is 35.8. The summed E-state index contributed by atoms with van der Waals surface area (Å²) >= 11 is 1.16. The van der Waals surface area contributed by atoms with Crippen LogP contribution in [-0.4, -0.2) is 89.2 Å². The number of alkyl carbamates (subject to hydrolysis) is 1. The van der Waals surface area contributed by atoms with Crippen molar-refractivity contribution < 1.29 is 41.9 Å². The van der Waals surface area contributed by atoms with E-state index in [0.29, 0.717) is 31.2 Å². The van der Waals surface area contributed by atoms with Gasteiger partial charge in [0.15, 0.2) is 0 Å². The second-order valence-electron chi connectivity index (χ2n) is 14.5. The van der Waals surface area contributed by atoms with Gasteiger partial charge in [0.25, 0.3) is 5.91 Å². The van der Waals surface area contributed by atoms with Crippen LogP contribution in [0.5, 0.6) is 0 Å². The lowest BCUT2D eigenvalue weighted by atomic mass is 10.0. The van der Waals surface area contributed by atoms with Crippen LogP contribution in [0.4, 0.5) is 4.79 Å². The van der Waals surface area contributed by atoms with Crippen molar-refractivity contribution in [2.45, 2.75) is 113 Å². The van der Waals surface area contributed by atoms with E-state index in [-0.39, 0.29) is 30.8 Å². The number of hydrogen-bond acceptors (Lipinski definition) is 11. The molecule has 1 aromatic heterocycles. The molecule has 6 rings (SSSR count). The van der Waals surface area contributed by atoms with Gasteiger partial charge in [-0.2, -0.15) is 0 Å². The standard InChI is InChI=1S/C34H43N5O9S2/c1-33(2,3)48-32(44)36-24-13-8-6-4-5-7-11-20-18-34(20,31(43)38-50(45,46)22-15-16-22)37-27(40)25-17-21(19-39(25)29(24)41)47-30(42)28-35-23-12-9-10-14-26(23)49-28/h7,9-12,14,20-22,24-25H,4-6,8,13,15-19H2,1-3H3,(H,36,44)(H,37,40)(H,38,43)/b11-7-/t20-,21+,24-,25-,34-/m0/s1. The summed E-state index contributed by atoms with van der Waals surface area (Å²) in [6.07, 6.45) is 6.11. The third kappa shape index (κ3) is 8.12. The normalized spacial score (nSPS) is 28.3. The fourth-order valence-electron chi connectivity index (χ4n) is 6.46. The van der Waals surface area contributed by atoms with Crippen molar-refractivity contribution in [3.8, 4) is 0 Å². The first kappa shape index (κ1) is 35.8. The molecule has 0 spiro atoms. The summed E-state index contributed by atoms with van der Waals surface area (Å²) in [7, 11) is -3.90. The quantitative estimate of drug-likeness (QED) is 0.294. The first-order chi connectivity index (χ1) is 23.6. The van der Waals surface area contributed by atoms with Crippen LogP contribution < -0.4 is 15.4 Å². The summed E-state index contributed by atoms with van der Waals surface area (Å²) in [6.45, 7) is 4.96. The Balaban J connectivity index is 1.27. The van der Waals surface area contributed by atoms with E-state index in [0.717, 1.165) is 28.9 Å². The van der Waals surface area contributed by atoms with Crippen LogP contribution in [0.2, 0.25) is 0 Å². The molecular formula is C34H43N5O9S2. The van der Waals surface area contributed by atoms with Crippen LogP contribution in [0.3, 0.4) is 0 Å². The molecule has 4 aliphatic rings. The molecule has 2 aliphatic heterocycles. The lowest BCUT2D eigenvalue weighted by Gasteiger charge is -2.30. The molecule has 270 valence electrons. The molecule has 4 amide bonds. The van der Waals surface area contributed by atoms with Crippen molar-refractivity contribution in [2.24, 2.45) is 5.92 Å². The highest BCUT2D eigenvalue weighted by Gasteiger charge is 2.62. The highest BCUT2D eigenvalue weighted by Crippen LogP contribution is 2.46. The molecule has 16 heteroatoms. The SMILES string of the molecule is CC(C)(C)OC(=O)N[C@H]1CCCCC/C=C\[C@H]2C[C@]2(C(=O)NS(=O)(=O)C2CC2)NC(=O)[C@@H]2C[C@@H](OC(=O)c3nc4ccccc4s3)CN2C1=O. The number of nitrogens with zero attached hydrogens (tertiary/aromatic N) is 2. The lowest BCUT2D eigenvalue weighted by molar-refractivity contribution is -0.141. The number of aromatic nitrogens is 1. The average molecular weight is 730 g/mol. The Kier molecular flexibility index (Phi) is 9.96. The monoisotopic (exact) mass is 729 g/mol. The number of sulfonamides is 1. The van der Waals surface area contributed by atoms with E-state index in [1.165, 1.54) is 4.90 Å². The molecule has 5 atom stereocenters. The number of fused-ring (bicyclic) bond motifs is 3. The van der Waals surface area contributed by atoms with Gasteiger partial charge in [0, 0.05) is 12.3 Å². The molecule has 3 N–H and O–H groups in total. The zero-order valence-corrected chi connectivity index (χ0v) is 29.9. The van der Waals surface area contributed by atoms with Gasteiger partial charge in [0.05, 0.1) is 22.0 Å². The first-order valence-electron chi connectivity index (χ1n) is 17.1. The van der Waals surface area contributed by atoms with Crippen LogP contribution in [0, 0.1) is 5.92 Å². The van der Waals surface area contributed by atoms with Crippen LogP contribution in [-0.2, 0) is 33.9 Å². The summed E-state index contributed by atoms with van der Waals surface area (Å²) < 4.78 is 39.7. The maximum atomic E-state index is 14.3. The number of amides is 4. The van der Waals surface area contributed by atoms with Gasteiger partial charge in [-0.05, 0) is 71.4 Å². The fourth-order valence-corrected chi connectivity index (χ4v) is 8.67. The summed E-state index contributed by atoms with van der Waals surface area (Å²) in [4.78, 5) is 73.7. The average Bonchev–Trinajstić information content (AvgIpc) is 3.92. The number of carbonyl (C=O) groups is 5. The van der Waals surface area contributed by atoms with E-state index in [1.54, 1.807) is 32.9 Å². The van der Waals surface area contributed by atoms with Gasteiger partial charge in [0.1, 0.15) is 29.3 Å². The minimum Gasteiger partial charge on any atom is -0.455 e. The second kappa shape index (κ2) is 13.9. The Morgan fingerprint density at radius 3 is 2.56 bits per heavy atom. The molecule has 2 aliphatic carbocycles. The lowest BCUT2D eigenvalue weighted by Crippen LogP contribution is -2.58. The minimum absolute atomic E-state index is 0.0913. The predicted molar refractivity (Wildman–Crippen MR) is 183 cm³/mol. The highest BCUT2D eigenvalue weighted by atomic mass is 32.2. The number of benzene rings is 1. The number of ether oxygens (including phenoxy) is 2. The van der Waals surface area contributed by atoms with Crippen molar-refractivity contribution in [3.63, 3.8) is 0 Å². The van der Waals surface area contributed by atoms with Crippen LogP contribution in [0.15, 0.2) is 36.4 Å². The van der Waals surface area contributed by atoms with Crippen LogP contribution >= 0.6 is 11.3 Å². The molecule has 0 unspecified atom stereocenters. The predicted octanol–water partition coefficient (Wildman–Crippen LogP) is 3.32. The Labute approximate surface area is 294 Å². The van der Waals surface area contributed by atoms with Crippen molar-refractivity contribution >= 4 is 61.4 Å². The second-order valence-corrected chi connectivity index (χ2v) is 17.5. The summed E-state index contributed by atoms with van der Waals surface area (Å²) in [5.41, 5.74) is -1.72. The van der Waals surface area contributed by atoms with E-state index >= 15 is 0 Å². The molecule has 0 bridgehead atoms. The van der Waals surface area contributed by atoms with Gasteiger partial charge < -0.3 is 25.0 Å². The number of allylic oxidation sites excluding steroid dienone is 1. The van der Waals surface area contributed by atoms with E-state index in [9.17, 15) is 32.4 Å². The third-order valence-corrected chi connectivity index (χ3v) is 12.1. The van der Waals surface area contributed by atoms with E-state index in [2.05, 4.69) is 20.3 Å². The Morgan fingerprint density at radius 2 is 1.84 bits per heavy atom. The maximum Gasteiger partial charge on any atom is 0.408 e. The molecular weight excluding hydrogens is 687 g/mol. The van der Waals surface area contributed by atoms with Gasteiger partial charge in [-0.15, -0.1) is 11.3 Å². The topological polar surface area (TPSA) is 190 Å². The largest absolute Gasteiger partial charge is 0.455 e. The van der Waals surface area contributed by atoms with Crippen molar-refractivity contribution in [1.82, 2.24) is 25.2 Å².